The molecule has 10 heavy (non-hydrogen) atoms. The zero-order chi connectivity index (χ0) is 7.72. The molecular formula is C6H10ClN3. The molecule has 3 nitrogen and oxygen atoms in total. The highest BCUT2D eigenvalue weighted by atomic mass is 35.5. The van der Waals surface area contributed by atoms with Gasteiger partial charge in [0.25, 0.3) is 0 Å². The number of hydrogen-bond donors (Lipinski definition) is 2. The van der Waals surface area contributed by atoms with Crippen LogP contribution in [0.15, 0.2) is 0 Å². The van der Waals surface area contributed by atoms with E-state index in [2.05, 4.69) is 10.2 Å². The molecule has 0 radical (unpaired) electrons. The monoisotopic (exact) mass is 159 g/mol. The van der Waals surface area contributed by atoms with Crippen molar-refractivity contribution in [3.8, 4) is 0 Å². The number of nitrogen functional groups attached to an aromatic ring is 1. The van der Waals surface area contributed by atoms with Crippen molar-refractivity contribution in [2.45, 2.75) is 19.8 Å². The second kappa shape index (κ2) is 2.50. The second-order valence-corrected chi connectivity index (χ2v) is 2.87. The van der Waals surface area contributed by atoms with E-state index < -0.39 is 0 Å². The SMILES string of the molecule is CC(C)c1[nH]nc(N)c1Cl. The quantitative estimate of drug-likeness (QED) is 0.656. The fraction of sp³-hybridized carbons (Fsp3) is 0.500. The number of aromatic nitrogens is 2. The normalized spacial score (nSPS) is 10.8. The van der Waals surface area contributed by atoms with Crippen LogP contribution in [0.1, 0.15) is 25.5 Å². The maximum Gasteiger partial charge on any atom is 0.164 e. The zero-order valence-corrected chi connectivity index (χ0v) is 6.74. The first-order valence-electron chi connectivity index (χ1n) is 3.12. The molecule has 1 aromatic rings. The van der Waals surface area contributed by atoms with Crippen LogP contribution in [0.2, 0.25) is 5.02 Å². The fourth-order valence-corrected chi connectivity index (χ4v) is 1.04. The summed E-state index contributed by atoms with van der Waals surface area (Å²) in [6.07, 6.45) is 0. The number of H-pyrrole nitrogens is 1. The average molecular weight is 160 g/mol. The zero-order valence-electron chi connectivity index (χ0n) is 5.98. The van der Waals surface area contributed by atoms with Gasteiger partial charge in [0.1, 0.15) is 5.02 Å². The summed E-state index contributed by atoms with van der Waals surface area (Å²) in [7, 11) is 0. The molecule has 0 bridgehead atoms. The first-order valence-corrected chi connectivity index (χ1v) is 3.50. The van der Waals surface area contributed by atoms with Crippen molar-refractivity contribution >= 4 is 17.4 Å². The van der Waals surface area contributed by atoms with Crippen molar-refractivity contribution in [3.05, 3.63) is 10.7 Å². The summed E-state index contributed by atoms with van der Waals surface area (Å²) in [6, 6.07) is 0. The molecule has 0 fully saturated rings. The minimum absolute atomic E-state index is 0.345. The lowest BCUT2D eigenvalue weighted by Gasteiger charge is -1.98. The summed E-state index contributed by atoms with van der Waals surface area (Å²) >= 11 is 5.79. The smallest absolute Gasteiger partial charge is 0.164 e. The van der Waals surface area contributed by atoms with Gasteiger partial charge in [-0.05, 0) is 5.92 Å². The topological polar surface area (TPSA) is 54.7 Å². The van der Waals surface area contributed by atoms with E-state index in [4.69, 9.17) is 17.3 Å². The van der Waals surface area contributed by atoms with E-state index in [9.17, 15) is 0 Å². The van der Waals surface area contributed by atoms with Gasteiger partial charge < -0.3 is 5.73 Å². The minimum atomic E-state index is 0.345. The molecule has 0 amide bonds. The van der Waals surface area contributed by atoms with Gasteiger partial charge in [-0.25, -0.2) is 0 Å². The van der Waals surface area contributed by atoms with Crippen molar-refractivity contribution < 1.29 is 0 Å². The Kier molecular flexibility index (Phi) is 1.85. The molecule has 3 N–H and O–H groups in total. The molecule has 0 aliphatic heterocycles. The summed E-state index contributed by atoms with van der Waals surface area (Å²) in [5.41, 5.74) is 6.31. The molecule has 1 heterocycles. The van der Waals surface area contributed by atoms with Gasteiger partial charge in [0.05, 0.1) is 5.69 Å². The number of aromatic amines is 1. The van der Waals surface area contributed by atoms with Gasteiger partial charge in [0.2, 0.25) is 0 Å². The van der Waals surface area contributed by atoms with E-state index in [0.717, 1.165) is 5.69 Å². The highest BCUT2D eigenvalue weighted by Crippen LogP contribution is 2.25. The van der Waals surface area contributed by atoms with Gasteiger partial charge in [-0.2, -0.15) is 5.10 Å². The summed E-state index contributed by atoms with van der Waals surface area (Å²) in [4.78, 5) is 0. The van der Waals surface area contributed by atoms with Crippen molar-refractivity contribution in [1.29, 1.82) is 0 Å². The van der Waals surface area contributed by atoms with Crippen LogP contribution in [0.5, 0.6) is 0 Å². The predicted octanol–water partition coefficient (Wildman–Crippen LogP) is 1.77. The summed E-state index contributed by atoms with van der Waals surface area (Å²) in [5, 5.41) is 7.08. The Labute approximate surface area is 64.6 Å². The highest BCUT2D eigenvalue weighted by Gasteiger charge is 2.10. The van der Waals surface area contributed by atoms with Gasteiger partial charge in [-0.15, -0.1) is 0 Å². The molecule has 0 unspecified atom stereocenters. The molecule has 0 saturated carbocycles. The second-order valence-electron chi connectivity index (χ2n) is 2.49. The van der Waals surface area contributed by atoms with Crippen molar-refractivity contribution in [1.82, 2.24) is 10.2 Å². The number of hydrogen-bond acceptors (Lipinski definition) is 2. The van der Waals surface area contributed by atoms with Gasteiger partial charge in [-0.3, -0.25) is 5.10 Å². The largest absolute Gasteiger partial charge is 0.381 e. The number of rotatable bonds is 1. The lowest BCUT2D eigenvalue weighted by molar-refractivity contribution is 0.811. The average Bonchev–Trinajstić information content (AvgIpc) is 2.14. The molecule has 4 heteroatoms. The van der Waals surface area contributed by atoms with Crippen LogP contribution in [0.4, 0.5) is 5.82 Å². The van der Waals surface area contributed by atoms with Crippen LogP contribution < -0.4 is 5.73 Å². The minimum Gasteiger partial charge on any atom is -0.381 e. The maximum absolute atomic E-state index is 5.79. The lowest BCUT2D eigenvalue weighted by atomic mass is 10.1. The number of halogens is 1. The molecule has 1 rings (SSSR count). The van der Waals surface area contributed by atoms with E-state index in [0.29, 0.717) is 16.8 Å². The molecule has 0 aliphatic rings. The van der Waals surface area contributed by atoms with Gasteiger partial charge >= 0.3 is 0 Å². The number of nitrogens with zero attached hydrogens (tertiary/aromatic N) is 1. The summed E-state index contributed by atoms with van der Waals surface area (Å²) < 4.78 is 0. The number of nitrogens with two attached hydrogens (primary N) is 1. The van der Waals surface area contributed by atoms with Crippen LogP contribution in [0.25, 0.3) is 0 Å². The van der Waals surface area contributed by atoms with E-state index in [1.54, 1.807) is 0 Å². The van der Waals surface area contributed by atoms with Gasteiger partial charge in [0, 0.05) is 0 Å². The first-order chi connectivity index (χ1) is 4.63. The predicted molar refractivity (Wildman–Crippen MR) is 42.1 cm³/mol. The van der Waals surface area contributed by atoms with E-state index in [-0.39, 0.29) is 0 Å². The Morgan fingerprint density at radius 1 is 1.60 bits per heavy atom. The van der Waals surface area contributed by atoms with E-state index in [1.807, 2.05) is 13.8 Å². The Bertz CT molecular complexity index is 229. The van der Waals surface area contributed by atoms with Crippen LogP contribution in [-0.4, -0.2) is 10.2 Å². The van der Waals surface area contributed by atoms with Crippen LogP contribution in [0.3, 0.4) is 0 Å². The Hall–Kier alpha value is -0.700. The van der Waals surface area contributed by atoms with Crippen molar-refractivity contribution in [2.75, 3.05) is 5.73 Å². The van der Waals surface area contributed by atoms with Crippen LogP contribution in [-0.2, 0) is 0 Å². The third-order valence-corrected chi connectivity index (χ3v) is 1.73. The Balaban J connectivity index is 3.05. The number of nitrogens with one attached hydrogen (secondary N) is 1. The van der Waals surface area contributed by atoms with Gasteiger partial charge in [0.15, 0.2) is 5.82 Å². The fourth-order valence-electron chi connectivity index (χ4n) is 0.739. The van der Waals surface area contributed by atoms with Crippen LogP contribution >= 0.6 is 11.6 Å². The molecule has 1 aromatic heterocycles. The molecule has 0 atom stereocenters. The third kappa shape index (κ3) is 1.09. The summed E-state index contributed by atoms with van der Waals surface area (Å²) in [6.45, 7) is 4.05. The lowest BCUT2D eigenvalue weighted by Crippen LogP contribution is -1.87. The van der Waals surface area contributed by atoms with E-state index in [1.165, 1.54) is 0 Å². The van der Waals surface area contributed by atoms with Crippen LogP contribution in [0, 0.1) is 0 Å². The first kappa shape index (κ1) is 7.41. The van der Waals surface area contributed by atoms with E-state index >= 15 is 0 Å². The van der Waals surface area contributed by atoms with Crippen molar-refractivity contribution in [2.24, 2.45) is 0 Å². The Morgan fingerprint density at radius 2 is 2.20 bits per heavy atom. The maximum atomic E-state index is 5.79. The van der Waals surface area contributed by atoms with Crippen molar-refractivity contribution in [3.63, 3.8) is 0 Å². The summed E-state index contributed by atoms with van der Waals surface area (Å²) in [5.74, 6) is 0.725. The highest BCUT2D eigenvalue weighted by molar-refractivity contribution is 6.33. The van der Waals surface area contributed by atoms with Gasteiger partial charge in [-0.1, -0.05) is 25.4 Å². The Morgan fingerprint density at radius 3 is 2.40 bits per heavy atom. The molecular weight excluding hydrogens is 150 g/mol. The number of anilines is 1. The third-order valence-electron chi connectivity index (χ3n) is 1.34. The molecule has 0 saturated heterocycles. The molecule has 0 spiro atoms. The molecule has 0 aliphatic carbocycles. The standard InChI is InChI=1S/C6H10ClN3/c1-3(2)5-4(7)6(8)10-9-5/h3H,1-2H3,(H3,8,9,10). The molecule has 0 aromatic carbocycles. The molecule has 56 valence electrons.